The first-order valence-electron chi connectivity index (χ1n) is 23.5. The van der Waals surface area contributed by atoms with Crippen molar-refractivity contribution >= 4 is 0 Å². The summed E-state index contributed by atoms with van der Waals surface area (Å²) in [5, 5.41) is 34.9. The molecule has 4 heteroatoms. The van der Waals surface area contributed by atoms with Crippen LogP contribution >= 0.6 is 0 Å². The fraction of sp³-hybridized carbons (Fsp3) is 0.194. The van der Waals surface area contributed by atoms with E-state index in [-0.39, 0.29) is 11.8 Å². The van der Waals surface area contributed by atoms with Crippen LogP contribution < -0.4 is 0 Å². The van der Waals surface area contributed by atoms with Gasteiger partial charge in [0.05, 0.1) is 12.1 Å². The molecule has 4 nitrogen and oxygen atoms in total. The topological polar surface area (TPSA) is 72.3 Å². The third-order valence-electron chi connectivity index (χ3n) is 15.4. The van der Waals surface area contributed by atoms with Crippen LogP contribution in [0.25, 0.3) is 44.5 Å². The fourth-order valence-corrected chi connectivity index (χ4v) is 12.3. The van der Waals surface area contributed by atoms with Crippen LogP contribution in [0.4, 0.5) is 0 Å². The van der Waals surface area contributed by atoms with Gasteiger partial charge in [-0.3, -0.25) is 0 Å². The molecule has 316 valence electrons. The highest BCUT2D eigenvalue weighted by Crippen LogP contribution is 2.51. The Labute approximate surface area is 387 Å². The zero-order valence-electron chi connectivity index (χ0n) is 37.4. The lowest BCUT2D eigenvalue weighted by molar-refractivity contribution is 0.393. The highest BCUT2D eigenvalue weighted by Gasteiger charge is 2.44. The van der Waals surface area contributed by atoms with Crippen molar-refractivity contribution in [3.63, 3.8) is 0 Å². The Balaban J connectivity index is 1.03. The van der Waals surface area contributed by atoms with Crippen LogP contribution in [0.3, 0.4) is 0 Å². The van der Waals surface area contributed by atoms with Crippen molar-refractivity contribution in [2.45, 2.75) is 75.3 Å². The minimum absolute atomic E-state index is 0.0630. The predicted molar refractivity (Wildman–Crippen MR) is 264 cm³/mol. The number of benzene rings is 8. The fourth-order valence-electron chi connectivity index (χ4n) is 12.3. The van der Waals surface area contributed by atoms with Crippen molar-refractivity contribution in [1.82, 2.24) is 0 Å². The molecule has 8 aromatic carbocycles. The van der Waals surface area contributed by atoms with E-state index in [0.29, 0.717) is 25.7 Å². The molecule has 0 aromatic heterocycles. The maximum atomic E-state index is 12.0. The van der Waals surface area contributed by atoms with E-state index in [1.165, 1.54) is 77.9 Å². The molecule has 4 unspecified atom stereocenters. The van der Waals surface area contributed by atoms with E-state index in [1.807, 2.05) is 0 Å². The summed E-state index contributed by atoms with van der Waals surface area (Å²) in [6.45, 7) is 4.49. The lowest BCUT2D eigenvalue weighted by atomic mass is 9.76. The Bertz CT molecular complexity index is 3190. The number of azo groups is 1. The van der Waals surface area contributed by atoms with E-state index in [9.17, 15) is 10.5 Å². The lowest BCUT2D eigenvalue weighted by Gasteiger charge is -2.32. The summed E-state index contributed by atoms with van der Waals surface area (Å²) in [6, 6.07) is 66.2. The van der Waals surface area contributed by atoms with Gasteiger partial charge in [0.25, 0.3) is 0 Å². The second-order valence-corrected chi connectivity index (χ2v) is 19.1. The predicted octanol–water partition coefficient (Wildman–Crippen LogP) is 14.9. The molecular weight excluding hydrogens is 801 g/mol. The molecule has 0 heterocycles. The molecule has 66 heavy (non-hydrogen) atoms. The molecule has 0 saturated carbocycles. The van der Waals surface area contributed by atoms with Gasteiger partial charge in [-0.2, -0.15) is 20.8 Å². The first-order chi connectivity index (χ1) is 32.4. The molecule has 4 aliphatic carbocycles. The summed E-state index contributed by atoms with van der Waals surface area (Å²) in [5.74, 6) is -0.126. The van der Waals surface area contributed by atoms with Crippen LogP contribution in [0.5, 0.6) is 0 Å². The zero-order valence-corrected chi connectivity index (χ0v) is 37.4. The van der Waals surface area contributed by atoms with Gasteiger partial charge < -0.3 is 0 Å². The van der Waals surface area contributed by atoms with Crippen LogP contribution in [0.2, 0.25) is 0 Å². The van der Waals surface area contributed by atoms with Crippen LogP contribution in [-0.2, 0) is 36.8 Å². The van der Waals surface area contributed by atoms with Gasteiger partial charge in [-0.15, -0.1) is 0 Å². The van der Waals surface area contributed by atoms with E-state index < -0.39 is 11.1 Å². The van der Waals surface area contributed by atoms with Crippen LogP contribution in [0, 0.1) is 22.7 Å². The molecule has 0 bridgehead atoms. The van der Waals surface area contributed by atoms with Crippen LogP contribution in [0.15, 0.2) is 180 Å². The first-order valence-corrected chi connectivity index (χ1v) is 23.5. The number of nitriles is 2. The molecule has 0 aliphatic heterocycles. The van der Waals surface area contributed by atoms with Gasteiger partial charge in [-0.25, -0.2) is 0 Å². The number of rotatable bonds is 10. The van der Waals surface area contributed by atoms with Gasteiger partial charge in [-0.05, 0) is 162 Å². The smallest absolute Gasteiger partial charge is 0.193 e. The second kappa shape index (κ2) is 15.5. The van der Waals surface area contributed by atoms with Gasteiger partial charge in [0.2, 0.25) is 0 Å². The monoisotopic (exact) mass is 848 g/mol. The Morgan fingerprint density at radius 1 is 0.379 bits per heavy atom. The quantitative estimate of drug-likeness (QED) is 0.129. The minimum atomic E-state index is -1.41. The maximum absolute atomic E-state index is 12.0. The van der Waals surface area contributed by atoms with Gasteiger partial charge in [0, 0.05) is 0 Å². The molecular formula is C62H48N4. The minimum Gasteiger partial charge on any atom is -0.195 e. The van der Waals surface area contributed by atoms with Crippen LogP contribution in [-0.4, -0.2) is 0 Å². The molecule has 8 aromatic rings. The van der Waals surface area contributed by atoms with E-state index in [4.69, 9.17) is 10.2 Å². The van der Waals surface area contributed by atoms with Crippen molar-refractivity contribution < 1.29 is 0 Å². The van der Waals surface area contributed by atoms with Gasteiger partial charge >= 0.3 is 0 Å². The number of fused-ring (bicyclic) bond motifs is 12. The summed E-state index contributed by atoms with van der Waals surface area (Å²) in [5.41, 5.74) is 21.1. The normalized spacial score (nSPS) is 15.9. The Morgan fingerprint density at radius 2 is 0.667 bits per heavy atom. The molecule has 4 aliphatic rings. The molecule has 12 rings (SSSR count). The number of hydrogen-bond acceptors (Lipinski definition) is 4. The Hall–Kier alpha value is -7.66. The van der Waals surface area contributed by atoms with Crippen molar-refractivity contribution in [2.24, 2.45) is 10.2 Å². The first kappa shape index (κ1) is 39.9. The highest BCUT2D eigenvalue weighted by atomic mass is 15.2. The zero-order chi connectivity index (χ0) is 44.6. The van der Waals surface area contributed by atoms with E-state index in [2.05, 4.69) is 196 Å². The van der Waals surface area contributed by atoms with Gasteiger partial charge in [0.1, 0.15) is 0 Å². The average molecular weight is 849 g/mol. The largest absolute Gasteiger partial charge is 0.195 e. The van der Waals surface area contributed by atoms with E-state index >= 15 is 0 Å². The molecule has 0 spiro atoms. The lowest BCUT2D eigenvalue weighted by Crippen LogP contribution is -2.30. The van der Waals surface area contributed by atoms with Crippen molar-refractivity contribution in [2.75, 3.05) is 0 Å². The standard InChI is InChI=1S/C62H48N4/c1-39(45-23-11-25-51-47-19-7-3-15-41(47)31-55(45)51)35-61(37-63,59-29-13-27-53-49-21-9-5-17-43(49)33-57(53)59)65-66-62(38-64,60-30-14-28-54-50-22-10-6-18-44(50)34-58(54)60)36-40(2)46-24-12-26-52-48-20-8-4-16-42(48)32-56(46)52/h3-30,39-40H,31-36H2,1-2H3. The molecule has 0 radical (unpaired) electrons. The summed E-state index contributed by atoms with van der Waals surface area (Å²) >= 11 is 0. The summed E-state index contributed by atoms with van der Waals surface area (Å²) in [6.07, 6.45) is 3.91. The Morgan fingerprint density at radius 3 is 1.02 bits per heavy atom. The van der Waals surface area contributed by atoms with Gasteiger partial charge in [-0.1, -0.05) is 184 Å². The number of hydrogen-bond donors (Lipinski definition) is 0. The average Bonchev–Trinajstić information content (AvgIpc) is 4.15. The summed E-state index contributed by atoms with van der Waals surface area (Å²) in [7, 11) is 0. The van der Waals surface area contributed by atoms with Crippen molar-refractivity contribution in [3.8, 4) is 56.6 Å². The van der Waals surface area contributed by atoms with Crippen molar-refractivity contribution in [1.29, 1.82) is 10.5 Å². The molecule has 0 N–H and O–H groups in total. The third kappa shape index (κ3) is 6.16. The summed E-state index contributed by atoms with van der Waals surface area (Å²) < 4.78 is 0. The van der Waals surface area contributed by atoms with Gasteiger partial charge in [0.15, 0.2) is 11.1 Å². The second-order valence-electron chi connectivity index (χ2n) is 19.1. The molecule has 0 fully saturated rings. The SMILES string of the molecule is CC(CC(C#N)(N=NC(C#N)(CC(C)c1cccc2c1Cc1ccccc1-2)c1cccc2c1Cc1ccccc1-2)c1cccc2c1Cc1ccccc1-2)c1cccc2c1Cc1ccccc1-2. The molecule has 4 atom stereocenters. The number of nitrogens with zero attached hydrogens (tertiary/aromatic N) is 4. The van der Waals surface area contributed by atoms with E-state index in [1.54, 1.807) is 0 Å². The maximum Gasteiger partial charge on any atom is 0.193 e. The third-order valence-corrected chi connectivity index (χ3v) is 15.4. The highest BCUT2D eigenvalue weighted by molar-refractivity contribution is 5.82. The van der Waals surface area contributed by atoms with Crippen molar-refractivity contribution in [3.05, 3.63) is 237 Å². The van der Waals surface area contributed by atoms with Crippen LogP contribution in [0.1, 0.15) is 105 Å². The molecule has 0 amide bonds. The van der Waals surface area contributed by atoms with E-state index in [0.717, 1.165) is 46.2 Å². The molecule has 0 saturated heterocycles. The Kier molecular flexibility index (Phi) is 9.37. The summed E-state index contributed by atoms with van der Waals surface area (Å²) in [4.78, 5) is 0.